The van der Waals surface area contributed by atoms with Crippen LogP contribution >= 0.6 is 0 Å². The Labute approximate surface area is 192 Å². The molecule has 168 valence electrons. The first-order valence-electron chi connectivity index (χ1n) is 11.2. The molecule has 1 atom stereocenters. The van der Waals surface area contributed by atoms with Crippen LogP contribution in [0.1, 0.15) is 24.5 Å². The largest absolute Gasteiger partial charge is 0.352 e. The van der Waals surface area contributed by atoms with Crippen LogP contribution in [-0.4, -0.2) is 58.1 Å². The maximum Gasteiger partial charge on any atom is 0.331 e. The summed E-state index contributed by atoms with van der Waals surface area (Å²) in [6.07, 6.45) is 3.42. The number of aliphatic imine (C=N–C) groups is 1. The van der Waals surface area contributed by atoms with E-state index in [9.17, 15) is 9.59 Å². The van der Waals surface area contributed by atoms with Crippen molar-refractivity contribution in [3.63, 3.8) is 0 Å². The van der Waals surface area contributed by atoms with E-state index < -0.39 is 0 Å². The van der Waals surface area contributed by atoms with Crippen molar-refractivity contribution < 1.29 is 9.59 Å². The number of nitrogens with one attached hydrogen (secondary N) is 1. The van der Waals surface area contributed by atoms with Crippen LogP contribution in [0.15, 0.2) is 71.9 Å². The summed E-state index contributed by atoms with van der Waals surface area (Å²) in [6, 6.07) is 19.5. The van der Waals surface area contributed by atoms with Gasteiger partial charge in [0.1, 0.15) is 12.4 Å². The molecule has 2 aromatic carbocycles. The number of urea groups is 1. The van der Waals surface area contributed by atoms with Crippen LogP contribution < -0.4 is 10.2 Å². The van der Waals surface area contributed by atoms with E-state index in [1.54, 1.807) is 15.8 Å². The molecular formula is C25H26N6O2. The third kappa shape index (κ3) is 4.11. The minimum Gasteiger partial charge on any atom is -0.352 e. The molecule has 0 aliphatic carbocycles. The lowest BCUT2D eigenvalue weighted by Gasteiger charge is -2.33. The van der Waals surface area contributed by atoms with Crippen molar-refractivity contribution in [2.24, 2.45) is 4.99 Å². The summed E-state index contributed by atoms with van der Waals surface area (Å²) in [5.41, 5.74) is 2.82. The van der Waals surface area contributed by atoms with Crippen molar-refractivity contribution in [2.45, 2.75) is 25.8 Å². The monoisotopic (exact) mass is 442 g/mol. The second-order valence-corrected chi connectivity index (χ2v) is 8.35. The van der Waals surface area contributed by atoms with E-state index in [4.69, 9.17) is 0 Å². The fourth-order valence-corrected chi connectivity index (χ4v) is 4.32. The number of rotatable bonds is 7. The molecule has 0 saturated heterocycles. The second-order valence-electron chi connectivity index (χ2n) is 8.35. The molecule has 3 heterocycles. The first kappa shape index (κ1) is 20.9. The highest BCUT2D eigenvalue weighted by molar-refractivity contribution is 6.20. The number of amidine groups is 1. The van der Waals surface area contributed by atoms with Gasteiger partial charge in [0.2, 0.25) is 5.91 Å². The van der Waals surface area contributed by atoms with Crippen LogP contribution in [0.2, 0.25) is 0 Å². The summed E-state index contributed by atoms with van der Waals surface area (Å²) in [4.78, 5) is 34.0. The molecule has 5 rings (SSSR count). The number of para-hydroxylation sites is 1. The molecule has 0 fully saturated rings. The number of carbonyl (C=O) groups is 2. The van der Waals surface area contributed by atoms with E-state index in [1.165, 1.54) is 10.5 Å². The first-order chi connectivity index (χ1) is 16.1. The fraction of sp³-hybridized carbons (Fsp3) is 0.280. The van der Waals surface area contributed by atoms with Crippen molar-refractivity contribution in [3.05, 3.63) is 78.0 Å². The van der Waals surface area contributed by atoms with Gasteiger partial charge in [-0.3, -0.25) is 19.6 Å². The summed E-state index contributed by atoms with van der Waals surface area (Å²) in [6.45, 7) is 2.97. The van der Waals surface area contributed by atoms with Gasteiger partial charge in [0.15, 0.2) is 5.82 Å². The number of fused-ring (bicyclic) bond motifs is 3. The zero-order chi connectivity index (χ0) is 22.8. The van der Waals surface area contributed by atoms with Gasteiger partial charge in [-0.15, -0.1) is 0 Å². The maximum atomic E-state index is 13.3. The molecular weight excluding hydrogens is 416 g/mol. The molecule has 8 heteroatoms. The van der Waals surface area contributed by atoms with Crippen LogP contribution in [0, 0.1) is 0 Å². The summed E-state index contributed by atoms with van der Waals surface area (Å²) >= 11 is 0. The Morgan fingerprint density at radius 1 is 1.09 bits per heavy atom. The minimum atomic E-state index is -0.247. The lowest BCUT2D eigenvalue weighted by molar-refractivity contribution is -0.120. The molecule has 8 nitrogen and oxygen atoms in total. The SMILES string of the molecule is C[C@H](CCc1ccccc1)NC(=O)CN1C(=O)N2CCN=C2c2cnn(-c3ccccc3)c21. The fourth-order valence-electron chi connectivity index (χ4n) is 4.32. The second kappa shape index (κ2) is 8.90. The zero-order valence-corrected chi connectivity index (χ0v) is 18.5. The smallest absolute Gasteiger partial charge is 0.331 e. The Bertz CT molecular complexity index is 1190. The number of aromatic nitrogens is 2. The van der Waals surface area contributed by atoms with Crippen molar-refractivity contribution in [2.75, 3.05) is 24.5 Å². The molecule has 33 heavy (non-hydrogen) atoms. The molecule has 0 radical (unpaired) electrons. The molecule has 1 aromatic heterocycles. The number of benzene rings is 2. The van der Waals surface area contributed by atoms with Crippen LogP contribution in [0.5, 0.6) is 0 Å². The highest BCUT2D eigenvalue weighted by atomic mass is 16.2. The Morgan fingerprint density at radius 2 is 1.82 bits per heavy atom. The summed E-state index contributed by atoms with van der Waals surface area (Å²) < 4.78 is 1.71. The predicted octanol–water partition coefficient (Wildman–Crippen LogP) is 3.01. The van der Waals surface area contributed by atoms with Crippen molar-refractivity contribution in [1.29, 1.82) is 0 Å². The number of amides is 3. The van der Waals surface area contributed by atoms with E-state index in [0.717, 1.165) is 24.1 Å². The number of carbonyl (C=O) groups excluding carboxylic acids is 2. The van der Waals surface area contributed by atoms with E-state index in [2.05, 4.69) is 27.5 Å². The van der Waals surface area contributed by atoms with Gasteiger partial charge in [-0.05, 0) is 37.5 Å². The van der Waals surface area contributed by atoms with Crippen molar-refractivity contribution >= 4 is 23.6 Å². The normalized spacial score (nSPS) is 15.7. The van der Waals surface area contributed by atoms with Gasteiger partial charge in [0.05, 0.1) is 24.0 Å². The molecule has 1 N–H and O–H groups in total. The minimum absolute atomic E-state index is 0.0139. The number of hydrogen-bond acceptors (Lipinski definition) is 4. The Hall–Kier alpha value is -3.94. The van der Waals surface area contributed by atoms with E-state index in [-0.39, 0.29) is 24.5 Å². The first-order valence-corrected chi connectivity index (χ1v) is 11.2. The average Bonchev–Trinajstić information content (AvgIpc) is 3.49. The lowest BCUT2D eigenvalue weighted by Crippen LogP contribution is -2.53. The Kier molecular flexibility index (Phi) is 5.64. The highest BCUT2D eigenvalue weighted by Crippen LogP contribution is 2.32. The Balaban J connectivity index is 1.35. The van der Waals surface area contributed by atoms with Crippen LogP contribution in [0.25, 0.3) is 5.69 Å². The van der Waals surface area contributed by atoms with E-state index >= 15 is 0 Å². The Morgan fingerprint density at radius 3 is 2.58 bits per heavy atom. The standard InChI is InChI=1S/C25H26N6O2/c1-18(12-13-19-8-4-2-5-9-19)28-22(32)17-30-24-21(23-26-14-15-29(23)25(30)33)16-27-31(24)20-10-6-3-7-11-20/h2-11,16,18H,12-15,17H2,1H3,(H,28,32)/t18-/m1/s1. The quantitative estimate of drug-likeness (QED) is 0.611. The predicted molar refractivity (Wildman–Crippen MR) is 127 cm³/mol. The maximum absolute atomic E-state index is 13.3. The lowest BCUT2D eigenvalue weighted by atomic mass is 10.1. The van der Waals surface area contributed by atoms with E-state index in [0.29, 0.717) is 24.7 Å². The van der Waals surface area contributed by atoms with Crippen molar-refractivity contribution in [1.82, 2.24) is 20.0 Å². The van der Waals surface area contributed by atoms with Gasteiger partial charge in [-0.2, -0.15) is 5.10 Å². The molecule has 2 aliphatic heterocycles. The van der Waals surface area contributed by atoms with Gasteiger partial charge < -0.3 is 5.32 Å². The van der Waals surface area contributed by atoms with E-state index in [1.807, 2.05) is 55.5 Å². The molecule has 0 spiro atoms. The summed E-state index contributed by atoms with van der Waals surface area (Å²) in [5, 5.41) is 7.58. The average molecular weight is 443 g/mol. The summed E-state index contributed by atoms with van der Waals surface area (Å²) in [5.74, 6) is 1.01. The van der Waals surface area contributed by atoms with Crippen LogP contribution in [0.3, 0.4) is 0 Å². The molecule has 3 aromatic rings. The number of anilines is 1. The van der Waals surface area contributed by atoms with Gasteiger partial charge in [-0.1, -0.05) is 48.5 Å². The third-order valence-corrected chi connectivity index (χ3v) is 5.96. The van der Waals surface area contributed by atoms with Gasteiger partial charge >= 0.3 is 6.03 Å². The molecule has 0 saturated carbocycles. The topological polar surface area (TPSA) is 82.8 Å². The summed E-state index contributed by atoms with van der Waals surface area (Å²) in [7, 11) is 0. The van der Waals surface area contributed by atoms with Crippen LogP contribution in [0.4, 0.5) is 10.6 Å². The van der Waals surface area contributed by atoms with Gasteiger partial charge in [0.25, 0.3) is 0 Å². The molecule has 0 bridgehead atoms. The van der Waals surface area contributed by atoms with Gasteiger partial charge in [0, 0.05) is 12.6 Å². The molecule has 2 aliphatic rings. The number of aryl methyl sites for hydroxylation is 1. The number of nitrogens with zero attached hydrogens (tertiary/aromatic N) is 5. The van der Waals surface area contributed by atoms with Crippen molar-refractivity contribution in [3.8, 4) is 5.69 Å². The zero-order valence-electron chi connectivity index (χ0n) is 18.5. The van der Waals surface area contributed by atoms with Crippen LogP contribution in [-0.2, 0) is 11.2 Å². The molecule has 3 amide bonds. The molecule has 0 unspecified atom stereocenters. The highest BCUT2D eigenvalue weighted by Gasteiger charge is 2.41. The van der Waals surface area contributed by atoms with Gasteiger partial charge in [-0.25, -0.2) is 9.48 Å². The number of hydrogen-bond donors (Lipinski definition) is 1. The third-order valence-electron chi connectivity index (χ3n) is 5.96.